The SMILES string of the molecule is COc1ccc(-n2c(C)nc3cc(C(=O)O)cnc32)cc1. The zero-order valence-electron chi connectivity index (χ0n) is 11.6. The Labute approximate surface area is 120 Å². The first-order valence-corrected chi connectivity index (χ1v) is 6.33. The number of rotatable bonds is 3. The van der Waals surface area contributed by atoms with Crippen molar-refractivity contribution in [1.82, 2.24) is 14.5 Å². The average Bonchev–Trinajstić information content (AvgIpc) is 2.82. The quantitative estimate of drug-likeness (QED) is 0.798. The first kappa shape index (κ1) is 13.1. The van der Waals surface area contributed by atoms with Crippen LogP contribution in [0.3, 0.4) is 0 Å². The lowest BCUT2D eigenvalue weighted by Gasteiger charge is -2.07. The fourth-order valence-corrected chi connectivity index (χ4v) is 2.24. The number of carboxylic acid groups (broad SMARTS) is 1. The topological polar surface area (TPSA) is 77.2 Å². The maximum absolute atomic E-state index is 11.0. The molecule has 21 heavy (non-hydrogen) atoms. The van der Waals surface area contributed by atoms with Crippen LogP contribution in [0.25, 0.3) is 16.9 Å². The maximum Gasteiger partial charge on any atom is 0.337 e. The summed E-state index contributed by atoms with van der Waals surface area (Å²) < 4.78 is 7.02. The van der Waals surface area contributed by atoms with E-state index in [4.69, 9.17) is 9.84 Å². The third-order valence-corrected chi connectivity index (χ3v) is 3.24. The molecule has 0 atom stereocenters. The number of imidazole rings is 1. The molecule has 3 aromatic rings. The third-order valence-electron chi connectivity index (χ3n) is 3.24. The van der Waals surface area contributed by atoms with Gasteiger partial charge in [-0.25, -0.2) is 14.8 Å². The van der Waals surface area contributed by atoms with Gasteiger partial charge in [-0.3, -0.25) is 4.57 Å². The summed E-state index contributed by atoms with van der Waals surface area (Å²) in [5.74, 6) is 0.494. The van der Waals surface area contributed by atoms with Crippen molar-refractivity contribution in [3.05, 3.63) is 47.9 Å². The van der Waals surface area contributed by atoms with E-state index >= 15 is 0 Å². The summed E-state index contributed by atoms with van der Waals surface area (Å²) in [6.07, 6.45) is 1.34. The largest absolute Gasteiger partial charge is 0.497 e. The van der Waals surface area contributed by atoms with Crippen LogP contribution in [0.15, 0.2) is 36.5 Å². The standard InChI is InChI=1S/C15H13N3O3/c1-9-17-13-7-10(15(19)20)8-16-14(13)18(9)11-3-5-12(21-2)6-4-11/h3-8H,1-2H3,(H,19,20). The molecule has 0 radical (unpaired) electrons. The number of aromatic carboxylic acids is 1. The molecule has 106 valence electrons. The molecular weight excluding hydrogens is 270 g/mol. The van der Waals surface area contributed by atoms with E-state index in [1.54, 1.807) is 7.11 Å². The molecule has 0 saturated heterocycles. The molecule has 0 spiro atoms. The van der Waals surface area contributed by atoms with Gasteiger partial charge in [0.05, 0.1) is 12.7 Å². The molecule has 2 heterocycles. The van der Waals surface area contributed by atoms with Crippen molar-refractivity contribution < 1.29 is 14.6 Å². The number of hydrogen-bond acceptors (Lipinski definition) is 4. The van der Waals surface area contributed by atoms with Crippen molar-refractivity contribution >= 4 is 17.1 Å². The molecule has 0 aliphatic rings. The van der Waals surface area contributed by atoms with E-state index in [1.807, 2.05) is 35.8 Å². The van der Waals surface area contributed by atoms with Gasteiger partial charge in [0, 0.05) is 11.9 Å². The minimum absolute atomic E-state index is 0.127. The summed E-state index contributed by atoms with van der Waals surface area (Å²) in [5.41, 5.74) is 2.21. The molecule has 0 amide bonds. The Kier molecular flexibility index (Phi) is 3.06. The molecule has 0 fully saturated rings. The Bertz CT molecular complexity index is 822. The van der Waals surface area contributed by atoms with E-state index in [2.05, 4.69) is 9.97 Å². The fourth-order valence-electron chi connectivity index (χ4n) is 2.24. The molecule has 6 heteroatoms. The molecular formula is C15H13N3O3. The molecule has 0 saturated carbocycles. The number of nitrogens with zero attached hydrogens (tertiary/aromatic N) is 3. The van der Waals surface area contributed by atoms with Gasteiger partial charge in [-0.05, 0) is 37.3 Å². The van der Waals surface area contributed by atoms with Crippen LogP contribution in [0.2, 0.25) is 0 Å². The van der Waals surface area contributed by atoms with Gasteiger partial charge in [0.1, 0.15) is 17.1 Å². The van der Waals surface area contributed by atoms with Gasteiger partial charge in [0.25, 0.3) is 0 Å². The number of ether oxygens (including phenoxy) is 1. The van der Waals surface area contributed by atoms with Gasteiger partial charge in [-0.2, -0.15) is 0 Å². The van der Waals surface area contributed by atoms with Crippen molar-refractivity contribution in [3.63, 3.8) is 0 Å². The highest BCUT2D eigenvalue weighted by Crippen LogP contribution is 2.22. The smallest absolute Gasteiger partial charge is 0.337 e. The van der Waals surface area contributed by atoms with E-state index in [-0.39, 0.29) is 5.56 Å². The number of hydrogen-bond donors (Lipinski definition) is 1. The van der Waals surface area contributed by atoms with Crippen LogP contribution < -0.4 is 4.74 Å². The molecule has 0 aliphatic heterocycles. The summed E-state index contributed by atoms with van der Waals surface area (Å²) in [4.78, 5) is 19.6. The molecule has 2 aromatic heterocycles. The number of pyridine rings is 1. The molecule has 0 unspecified atom stereocenters. The Hall–Kier alpha value is -2.89. The second-order valence-corrected chi connectivity index (χ2v) is 4.56. The van der Waals surface area contributed by atoms with Gasteiger partial charge in [-0.15, -0.1) is 0 Å². The fraction of sp³-hybridized carbons (Fsp3) is 0.133. The minimum Gasteiger partial charge on any atom is -0.497 e. The second kappa shape index (κ2) is 4.90. The van der Waals surface area contributed by atoms with E-state index in [9.17, 15) is 4.79 Å². The van der Waals surface area contributed by atoms with Gasteiger partial charge >= 0.3 is 5.97 Å². The molecule has 1 N–H and O–H groups in total. The van der Waals surface area contributed by atoms with E-state index < -0.39 is 5.97 Å². The lowest BCUT2D eigenvalue weighted by atomic mass is 10.2. The van der Waals surface area contributed by atoms with Crippen LogP contribution >= 0.6 is 0 Å². The number of benzene rings is 1. The van der Waals surface area contributed by atoms with Crippen molar-refractivity contribution in [1.29, 1.82) is 0 Å². The lowest BCUT2D eigenvalue weighted by molar-refractivity contribution is 0.0696. The van der Waals surface area contributed by atoms with Crippen LogP contribution in [0.1, 0.15) is 16.2 Å². The van der Waals surface area contributed by atoms with Crippen molar-refractivity contribution in [3.8, 4) is 11.4 Å². The Morgan fingerprint density at radius 2 is 2.00 bits per heavy atom. The normalized spacial score (nSPS) is 10.8. The zero-order valence-corrected chi connectivity index (χ0v) is 11.6. The van der Waals surface area contributed by atoms with Gasteiger partial charge in [0.15, 0.2) is 5.65 Å². The minimum atomic E-state index is -1.01. The van der Waals surface area contributed by atoms with Crippen LogP contribution in [-0.2, 0) is 0 Å². The molecule has 3 rings (SSSR count). The summed E-state index contributed by atoms with van der Waals surface area (Å²) >= 11 is 0. The van der Waals surface area contributed by atoms with Gasteiger partial charge in [0.2, 0.25) is 0 Å². The van der Waals surface area contributed by atoms with Crippen LogP contribution in [-0.4, -0.2) is 32.7 Å². The Balaban J connectivity index is 2.17. The summed E-state index contributed by atoms with van der Waals surface area (Å²) in [7, 11) is 1.61. The Morgan fingerprint density at radius 1 is 1.29 bits per heavy atom. The van der Waals surface area contributed by atoms with Crippen molar-refractivity contribution in [2.75, 3.05) is 7.11 Å². The van der Waals surface area contributed by atoms with E-state index in [1.165, 1.54) is 12.3 Å². The maximum atomic E-state index is 11.0. The van der Waals surface area contributed by atoms with Crippen LogP contribution in [0, 0.1) is 6.92 Å². The first-order valence-electron chi connectivity index (χ1n) is 6.33. The second-order valence-electron chi connectivity index (χ2n) is 4.56. The van der Waals surface area contributed by atoms with Gasteiger partial charge in [-0.1, -0.05) is 0 Å². The van der Waals surface area contributed by atoms with E-state index in [0.29, 0.717) is 11.2 Å². The lowest BCUT2D eigenvalue weighted by Crippen LogP contribution is -2.00. The van der Waals surface area contributed by atoms with E-state index in [0.717, 1.165) is 17.3 Å². The number of aromatic nitrogens is 3. The average molecular weight is 283 g/mol. The molecule has 0 aliphatic carbocycles. The Morgan fingerprint density at radius 3 is 2.62 bits per heavy atom. The third kappa shape index (κ3) is 2.20. The summed E-state index contributed by atoms with van der Waals surface area (Å²) in [5, 5.41) is 9.01. The number of fused-ring (bicyclic) bond motifs is 1. The number of carboxylic acids is 1. The molecule has 1 aromatic carbocycles. The van der Waals surface area contributed by atoms with Gasteiger partial charge < -0.3 is 9.84 Å². The molecule has 0 bridgehead atoms. The predicted octanol–water partition coefficient (Wildman–Crippen LogP) is 2.44. The number of methoxy groups -OCH3 is 1. The monoisotopic (exact) mass is 283 g/mol. The summed E-state index contributed by atoms with van der Waals surface area (Å²) in [6, 6.07) is 9.04. The van der Waals surface area contributed by atoms with Crippen LogP contribution in [0.5, 0.6) is 5.75 Å². The van der Waals surface area contributed by atoms with Crippen LogP contribution in [0.4, 0.5) is 0 Å². The highest BCUT2D eigenvalue weighted by molar-refractivity contribution is 5.91. The zero-order chi connectivity index (χ0) is 15.0. The van der Waals surface area contributed by atoms with Crippen molar-refractivity contribution in [2.24, 2.45) is 0 Å². The molecule has 6 nitrogen and oxygen atoms in total. The number of carbonyl (C=O) groups is 1. The highest BCUT2D eigenvalue weighted by atomic mass is 16.5. The summed E-state index contributed by atoms with van der Waals surface area (Å²) in [6.45, 7) is 1.85. The van der Waals surface area contributed by atoms with Crippen molar-refractivity contribution in [2.45, 2.75) is 6.92 Å². The first-order chi connectivity index (χ1) is 10.1. The predicted molar refractivity (Wildman–Crippen MR) is 77.1 cm³/mol. The highest BCUT2D eigenvalue weighted by Gasteiger charge is 2.13. The number of aryl methyl sites for hydroxylation is 1.